The number of anilines is 2. The van der Waals surface area contributed by atoms with E-state index in [1.165, 1.54) is 0 Å². The van der Waals surface area contributed by atoms with E-state index in [0.29, 0.717) is 33.6 Å². The van der Waals surface area contributed by atoms with Gasteiger partial charge in [0.15, 0.2) is 6.10 Å². The Morgan fingerprint density at radius 2 is 1.85 bits per heavy atom. The maximum absolute atomic E-state index is 12.4. The number of benzene rings is 2. The first-order valence-electron chi connectivity index (χ1n) is 8.13. The zero-order valence-electron chi connectivity index (χ0n) is 14.7. The van der Waals surface area contributed by atoms with Crippen molar-refractivity contribution in [2.75, 3.05) is 10.6 Å². The zero-order valence-corrected chi connectivity index (χ0v) is 16.2. The van der Waals surface area contributed by atoms with Crippen molar-refractivity contribution in [2.24, 2.45) is 0 Å². The first-order valence-corrected chi connectivity index (χ1v) is 8.88. The Hall–Kier alpha value is -2.24. The summed E-state index contributed by atoms with van der Waals surface area (Å²) >= 11 is 11.9. The van der Waals surface area contributed by atoms with E-state index in [2.05, 4.69) is 10.6 Å². The van der Waals surface area contributed by atoms with Gasteiger partial charge in [-0.1, -0.05) is 36.2 Å². The third kappa shape index (κ3) is 5.38. The lowest BCUT2D eigenvalue weighted by Gasteiger charge is -2.17. The quantitative estimate of drug-likeness (QED) is 0.719. The first-order chi connectivity index (χ1) is 12.3. The Balaban J connectivity index is 2.08. The van der Waals surface area contributed by atoms with Crippen molar-refractivity contribution in [1.29, 1.82) is 0 Å². The summed E-state index contributed by atoms with van der Waals surface area (Å²) in [5, 5.41) is 6.39. The Morgan fingerprint density at radius 3 is 2.50 bits per heavy atom. The molecule has 1 atom stereocenters. The van der Waals surface area contributed by atoms with E-state index < -0.39 is 6.10 Å². The van der Waals surface area contributed by atoms with E-state index in [-0.39, 0.29) is 11.8 Å². The van der Waals surface area contributed by atoms with Gasteiger partial charge in [0, 0.05) is 22.8 Å². The fraction of sp³-hybridized carbons (Fsp3) is 0.263. The first kappa shape index (κ1) is 20.1. The van der Waals surface area contributed by atoms with E-state index >= 15 is 0 Å². The maximum atomic E-state index is 12.4. The summed E-state index contributed by atoms with van der Waals surface area (Å²) in [6, 6.07) is 10.1. The molecule has 0 heterocycles. The lowest BCUT2D eigenvalue weighted by molar-refractivity contribution is -0.122. The highest BCUT2D eigenvalue weighted by atomic mass is 35.5. The van der Waals surface area contributed by atoms with Gasteiger partial charge >= 0.3 is 0 Å². The molecule has 0 saturated carbocycles. The van der Waals surface area contributed by atoms with Crippen molar-refractivity contribution in [2.45, 2.75) is 33.3 Å². The molecule has 2 N–H and O–H groups in total. The molecular formula is C19H20Cl2N2O3. The largest absolute Gasteiger partial charge is 0.479 e. The third-order valence-corrected chi connectivity index (χ3v) is 4.20. The minimum atomic E-state index is -0.776. The summed E-state index contributed by atoms with van der Waals surface area (Å²) in [4.78, 5) is 24.0. The normalized spacial score (nSPS) is 11.6. The summed E-state index contributed by atoms with van der Waals surface area (Å²) in [5.74, 6) is -0.0577. The Kier molecular flexibility index (Phi) is 6.89. The average molecular weight is 395 g/mol. The van der Waals surface area contributed by atoms with Crippen LogP contribution in [0.5, 0.6) is 5.75 Å². The molecule has 0 aliphatic carbocycles. The SMILES string of the molecule is CCC(=O)Nc1ccc(C)c(NC(=O)C(C)Oc2ccc(Cl)cc2Cl)c1. The van der Waals surface area contributed by atoms with E-state index in [1.54, 1.807) is 44.2 Å². The molecule has 1 unspecified atom stereocenters. The fourth-order valence-electron chi connectivity index (χ4n) is 2.13. The molecule has 2 aromatic carbocycles. The van der Waals surface area contributed by atoms with Gasteiger partial charge in [0.2, 0.25) is 5.91 Å². The minimum absolute atomic E-state index is 0.0970. The molecule has 2 rings (SSSR count). The number of nitrogens with one attached hydrogen (secondary N) is 2. The Bertz CT molecular complexity index is 824. The van der Waals surface area contributed by atoms with Gasteiger partial charge in [-0.05, 0) is 49.7 Å². The molecule has 0 bridgehead atoms. The number of ether oxygens (including phenoxy) is 1. The molecule has 0 spiro atoms. The van der Waals surface area contributed by atoms with Gasteiger partial charge in [0.05, 0.1) is 5.02 Å². The van der Waals surface area contributed by atoms with Crippen molar-refractivity contribution in [3.63, 3.8) is 0 Å². The number of aryl methyl sites for hydroxylation is 1. The molecule has 0 aromatic heterocycles. The van der Waals surface area contributed by atoms with Crippen LogP contribution in [0.1, 0.15) is 25.8 Å². The molecular weight excluding hydrogens is 375 g/mol. The number of hydrogen-bond acceptors (Lipinski definition) is 3. The van der Waals surface area contributed by atoms with Crippen LogP contribution in [0.2, 0.25) is 10.0 Å². The van der Waals surface area contributed by atoms with E-state index in [4.69, 9.17) is 27.9 Å². The van der Waals surface area contributed by atoms with E-state index in [9.17, 15) is 9.59 Å². The van der Waals surface area contributed by atoms with Crippen LogP contribution >= 0.6 is 23.2 Å². The number of rotatable bonds is 6. The number of carbonyl (C=O) groups is 2. The van der Waals surface area contributed by atoms with Crippen molar-refractivity contribution < 1.29 is 14.3 Å². The lowest BCUT2D eigenvalue weighted by atomic mass is 10.1. The summed E-state index contributed by atoms with van der Waals surface area (Å²) in [7, 11) is 0. The monoisotopic (exact) mass is 394 g/mol. The van der Waals surface area contributed by atoms with E-state index in [0.717, 1.165) is 5.56 Å². The van der Waals surface area contributed by atoms with Gasteiger partial charge in [-0.25, -0.2) is 0 Å². The van der Waals surface area contributed by atoms with Crippen molar-refractivity contribution in [1.82, 2.24) is 0 Å². The molecule has 7 heteroatoms. The molecule has 0 aliphatic rings. The second kappa shape index (κ2) is 8.92. The Morgan fingerprint density at radius 1 is 1.12 bits per heavy atom. The summed E-state index contributed by atoms with van der Waals surface area (Å²) in [5.41, 5.74) is 2.08. The second-order valence-corrected chi connectivity index (χ2v) is 6.60. The standard InChI is InChI=1S/C19H20Cl2N2O3/c1-4-18(24)22-14-7-5-11(2)16(10-14)23-19(25)12(3)26-17-8-6-13(20)9-15(17)21/h5-10,12H,4H2,1-3H3,(H,22,24)(H,23,25). The lowest BCUT2D eigenvalue weighted by Crippen LogP contribution is -2.30. The number of halogens is 2. The Labute approximate surface area is 162 Å². The molecule has 2 aromatic rings. The van der Waals surface area contributed by atoms with Gasteiger partial charge in [-0.3, -0.25) is 9.59 Å². The van der Waals surface area contributed by atoms with Crippen molar-refractivity contribution in [3.05, 3.63) is 52.0 Å². The highest BCUT2D eigenvalue weighted by Crippen LogP contribution is 2.28. The summed E-state index contributed by atoms with van der Waals surface area (Å²) < 4.78 is 5.61. The summed E-state index contributed by atoms with van der Waals surface area (Å²) in [6.07, 6.45) is -0.399. The van der Waals surface area contributed by atoms with Gasteiger partial charge in [-0.2, -0.15) is 0 Å². The highest BCUT2D eigenvalue weighted by molar-refractivity contribution is 6.35. The van der Waals surface area contributed by atoms with Gasteiger partial charge in [0.25, 0.3) is 5.91 Å². The molecule has 0 aliphatic heterocycles. The van der Waals surface area contributed by atoms with Crippen molar-refractivity contribution >= 4 is 46.4 Å². The van der Waals surface area contributed by atoms with Crippen LogP contribution in [-0.4, -0.2) is 17.9 Å². The highest BCUT2D eigenvalue weighted by Gasteiger charge is 2.17. The molecule has 5 nitrogen and oxygen atoms in total. The maximum Gasteiger partial charge on any atom is 0.265 e. The molecule has 0 saturated heterocycles. The van der Waals surface area contributed by atoms with Crippen LogP contribution in [0.4, 0.5) is 11.4 Å². The predicted molar refractivity (Wildman–Crippen MR) is 105 cm³/mol. The average Bonchev–Trinajstić information content (AvgIpc) is 2.60. The number of carbonyl (C=O) groups excluding carboxylic acids is 2. The molecule has 26 heavy (non-hydrogen) atoms. The van der Waals surface area contributed by atoms with Crippen LogP contribution in [0.15, 0.2) is 36.4 Å². The molecule has 0 fully saturated rings. The third-order valence-electron chi connectivity index (χ3n) is 3.67. The van der Waals surface area contributed by atoms with Crippen LogP contribution in [0.25, 0.3) is 0 Å². The van der Waals surface area contributed by atoms with Crippen LogP contribution in [0.3, 0.4) is 0 Å². The summed E-state index contributed by atoms with van der Waals surface area (Å²) in [6.45, 7) is 5.26. The topological polar surface area (TPSA) is 67.4 Å². The second-order valence-electron chi connectivity index (χ2n) is 5.76. The van der Waals surface area contributed by atoms with Gasteiger partial charge in [0.1, 0.15) is 5.75 Å². The predicted octanol–water partition coefficient (Wildman–Crippen LogP) is 5.06. The van der Waals surface area contributed by atoms with Crippen LogP contribution in [0, 0.1) is 6.92 Å². The van der Waals surface area contributed by atoms with Crippen LogP contribution < -0.4 is 15.4 Å². The number of hydrogen-bond donors (Lipinski definition) is 2. The van der Waals surface area contributed by atoms with Crippen LogP contribution in [-0.2, 0) is 9.59 Å². The molecule has 0 radical (unpaired) electrons. The molecule has 2 amide bonds. The number of amides is 2. The van der Waals surface area contributed by atoms with Gasteiger partial charge in [-0.15, -0.1) is 0 Å². The minimum Gasteiger partial charge on any atom is -0.479 e. The molecule has 138 valence electrons. The fourth-order valence-corrected chi connectivity index (χ4v) is 2.59. The smallest absolute Gasteiger partial charge is 0.265 e. The van der Waals surface area contributed by atoms with E-state index in [1.807, 2.05) is 13.0 Å². The van der Waals surface area contributed by atoms with Crippen molar-refractivity contribution in [3.8, 4) is 5.75 Å². The van der Waals surface area contributed by atoms with Gasteiger partial charge < -0.3 is 15.4 Å². The zero-order chi connectivity index (χ0) is 19.3.